The van der Waals surface area contributed by atoms with Gasteiger partial charge in [0.15, 0.2) is 0 Å². The van der Waals surface area contributed by atoms with Crippen LogP contribution in [-0.4, -0.2) is 20.1 Å². The number of unbranched alkanes of at least 4 members (excludes halogenated alkanes) is 3. The third-order valence-electron chi connectivity index (χ3n) is 3.18. The van der Waals surface area contributed by atoms with E-state index in [0.717, 1.165) is 12.2 Å². The number of nitrogens with zero attached hydrogens (tertiary/aromatic N) is 3. The minimum Gasteiger partial charge on any atom is -0.390 e. The highest BCUT2D eigenvalue weighted by molar-refractivity contribution is 5.19. The van der Waals surface area contributed by atoms with Crippen LogP contribution in [0.5, 0.6) is 0 Å². The SMILES string of the molecule is CCCCCCn1nnc(CO)c1C1CC1. The number of aliphatic hydroxyl groups is 1. The van der Waals surface area contributed by atoms with Gasteiger partial charge in [-0.3, -0.25) is 0 Å². The van der Waals surface area contributed by atoms with Gasteiger partial charge < -0.3 is 5.11 Å². The number of aryl methyl sites for hydroxylation is 1. The van der Waals surface area contributed by atoms with Crippen molar-refractivity contribution in [1.82, 2.24) is 15.0 Å². The summed E-state index contributed by atoms with van der Waals surface area (Å²) in [5.74, 6) is 0.614. The van der Waals surface area contributed by atoms with Gasteiger partial charge in [-0.2, -0.15) is 0 Å². The van der Waals surface area contributed by atoms with Gasteiger partial charge >= 0.3 is 0 Å². The van der Waals surface area contributed by atoms with Crippen molar-refractivity contribution in [1.29, 1.82) is 0 Å². The van der Waals surface area contributed by atoms with Crippen LogP contribution in [0.25, 0.3) is 0 Å². The molecular formula is C12H21N3O. The zero-order chi connectivity index (χ0) is 11.4. The number of rotatable bonds is 7. The molecule has 2 rings (SSSR count). The van der Waals surface area contributed by atoms with E-state index >= 15 is 0 Å². The zero-order valence-corrected chi connectivity index (χ0v) is 10.0. The molecule has 0 saturated heterocycles. The van der Waals surface area contributed by atoms with Crippen molar-refractivity contribution in [3.05, 3.63) is 11.4 Å². The fourth-order valence-corrected chi connectivity index (χ4v) is 2.13. The van der Waals surface area contributed by atoms with Gasteiger partial charge in [0.05, 0.1) is 12.3 Å². The molecule has 4 nitrogen and oxygen atoms in total. The topological polar surface area (TPSA) is 50.9 Å². The predicted octanol–water partition coefficient (Wildman–Crippen LogP) is 2.23. The number of aromatic nitrogens is 3. The Kier molecular flexibility index (Phi) is 3.93. The van der Waals surface area contributed by atoms with Gasteiger partial charge in [-0.25, -0.2) is 4.68 Å². The maximum absolute atomic E-state index is 9.20. The smallest absolute Gasteiger partial charge is 0.112 e. The van der Waals surface area contributed by atoms with Gasteiger partial charge in [0.1, 0.15) is 5.69 Å². The van der Waals surface area contributed by atoms with Gasteiger partial charge in [-0.15, -0.1) is 5.10 Å². The molecule has 1 N–H and O–H groups in total. The van der Waals surface area contributed by atoms with E-state index < -0.39 is 0 Å². The quantitative estimate of drug-likeness (QED) is 0.721. The first-order chi connectivity index (χ1) is 7.86. The Morgan fingerprint density at radius 2 is 2.12 bits per heavy atom. The van der Waals surface area contributed by atoms with Crippen molar-refractivity contribution in [2.24, 2.45) is 0 Å². The van der Waals surface area contributed by atoms with Gasteiger partial charge in [-0.1, -0.05) is 31.4 Å². The molecule has 0 atom stereocenters. The summed E-state index contributed by atoms with van der Waals surface area (Å²) in [6.07, 6.45) is 7.44. The lowest BCUT2D eigenvalue weighted by Gasteiger charge is -2.05. The summed E-state index contributed by atoms with van der Waals surface area (Å²) in [5.41, 5.74) is 1.98. The number of aliphatic hydroxyl groups excluding tert-OH is 1. The molecule has 90 valence electrons. The second-order valence-corrected chi connectivity index (χ2v) is 4.64. The molecule has 1 fully saturated rings. The largest absolute Gasteiger partial charge is 0.390 e. The molecule has 0 spiro atoms. The van der Waals surface area contributed by atoms with Crippen molar-refractivity contribution in [2.75, 3.05) is 0 Å². The lowest BCUT2D eigenvalue weighted by atomic mass is 10.2. The van der Waals surface area contributed by atoms with E-state index in [1.165, 1.54) is 44.2 Å². The molecule has 1 aliphatic rings. The fourth-order valence-electron chi connectivity index (χ4n) is 2.13. The van der Waals surface area contributed by atoms with Crippen molar-refractivity contribution in [3.63, 3.8) is 0 Å². The van der Waals surface area contributed by atoms with Crippen LogP contribution in [-0.2, 0) is 13.2 Å². The minimum absolute atomic E-state index is 0.0286. The molecule has 1 heterocycles. The number of hydrogen-bond acceptors (Lipinski definition) is 3. The van der Waals surface area contributed by atoms with Crippen LogP contribution >= 0.6 is 0 Å². The molecule has 4 heteroatoms. The highest BCUT2D eigenvalue weighted by Crippen LogP contribution is 2.41. The first-order valence-electron chi connectivity index (χ1n) is 6.40. The Morgan fingerprint density at radius 1 is 1.31 bits per heavy atom. The van der Waals surface area contributed by atoms with Crippen LogP contribution in [0.2, 0.25) is 0 Å². The summed E-state index contributed by atoms with van der Waals surface area (Å²) in [4.78, 5) is 0. The summed E-state index contributed by atoms with van der Waals surface area (Å²) in [7, 11) is 0. The third kappa shape index (κ3) is 2.61. The van der Waals surface area contributed by atoms with Crippen LogP contribution in [0, 0.1) is 0 Å². The standard InChI is InChI=1S/C12H21N3O/c1-2-3-4-5-8-15-12(10-6-7-10)11(9-16)13-14-15/h10,16H,2-9H2,1H3. The Morgan fingerprint density at radius 3 is 2.75 bits per heavy atom. The Balaban J connectivity index is 1.94. The zero-order valence-electron chi connectivity index (χ0n) is 10.0. The molecule has 0 aromatic carbocycles. The lowest BCUT2D eigenvalue weighted by Crippen LogP contribution is -2.05. The molecule has 1 aliphatic carbocycles. The monoisotopic (exact) mass is 223 g/mol. The molecule has 0 bridgehead atoms. The van der Waals surface area contributed by atoms with Crippen molar-refractivity contribution < 1.29 is 5.11 Å². The van der Waals surface area contributed by atoms with Gasteiger partial charge in [0, 0.05) is 12.5 Å². The average molecular weight is 223 g/mol. The van der Waals surface area contributed by atoms with Crippen LogP contribution < -0.4 is 0 Å². The first-order valence-corrected chi connectivity index (χ1v) is 6.40. The molecule has 1 aromatic rings. The summed E-state index contributed by atoms with van der Waals surface area (Å²) in [5, 5.41) is 17.4. The molecule has 0 amide bonds. The van der Waals surface area contributed by atoms with Crippen LogP contribution in [0.15, 0.2) is 0 Å². The van der Waals surface area contributed by atoms with Crippen LogP contribution in [0.1, 0.15) is 62.8 Å². The molecular weight excluding hydrogens is 202 g/mol. The van der Waals surface area contributed by atoms with Crippen molar-refractivity contribution in [2.45, 2.75) is 64.5 Å². The average Bonchev–Trinajstić information content (AvgIpc) is 3.06. The Bertz CT molecular complexity index is 331. The van der Waals surface area contributed by atoms with Gasteiger partial charge in [0.25, 0.3) is 0 Å². The molecule has 0 unspecified atom stereocenters. The van der Waals surface area contributed by atoms with E-state index in [1.54, 1.807) is 0 Å². The third-order valence-corrected chi connectivity index (χ3v) is 3.18. The molecule has 1 saturated carbocycles. The number of hydrogen-bond donors (Lipinski definition) is 1. The van der Waals surface area contributed by atoms with Gasteiger partial charge in [-0.05, 0) is 19.3 Å². The maximum atomic E-state index is 9.20. The molecule has 1 aromatic heterocycles. The Labute approximate surface area is 96.7 Å². The normalized spacial score (nSPS) is 15.6. The second kappa shape index (κ2) is 5.43. The first kappa shape index (κ1) is 11.6. The van der Waals surface area contributed by atoms with Crippen molar-refractivity contribution in [3.8, 4) is 0 Å². The summed E-state index contributed by atoms with van der Waals surface area (Å²) in [6.45, 7) is 3.20. The predicted molar refractivity (Wildman–Crippen MR) is 62.1 cm³/mol. The van der Waals surface area contributed by atoms with E-state index in [1.807, 2.05) is 4.68 Å². The summed E-state index contributed by atoms with van der Waals surface area (Å²) in [6, 6.07) is 0. The van der Waals surface area contributed by atoms with E-state index in [0.29, 0.717) is 5.92 Å². The maximum Gasteiger partial charge on any atom is 0.112 e. The fraction of sp³-hybridized carbons (Fsp3) is 0.833. The van der Waals surface area contributed by atoms with E-state index in [9.17, 15) is 5.11 Å². The van der Waals surface area contributed by atoms with Gasteiger partial charge in [0.2, 0.25) is 0 Å². The van der Waals surface area contributed by atoms with E-state index in [-0.39, 0.29) is 6.61 Å². The molecule has 0 radical (unpaired) electrons. The second-order valence-electron chi connectivity index (χ2n) is 4.64. The van der Waals surface area contributed by atoms with E-state index in [2.05, 4.69) is 17.2 Å². The minimum atomic E-state index is 0.0286. The lowest BCUT2D eigenvalue weighted by molar-refractivity contribution is 0.275. The van der Waals surface area contributed by atoms with E-state index in [4.69, 9.17) is 0 Å². The highest BCUT2D eigenvalue weighted by Gasteiger charge is 2.30. The Hall–Kier alpha value is -0.900. The molecule has 16 heavy (non-hydrogen) atoms. The highest BCUT2D eigenvalue weighted by atomic mass is 16.3. The van der Waals surface area contributed by atoms with Crippen LogP contribution in [0.3, 0.4) is 0 Å². The summed E-state index contributed by atoms with van der Waals surface area (Å²) >= 11 is 0. The summed E-state index contributed by atoms with van der Waals surface area (Å²) < 4.78 is 2.01. The van der Waals surface area contributed by atoms with Crippen molar-refractivity contribution >= 4 is 0 Å². The van der Waals surface area contributed by atoms with Crippen LogP contribution in [0.4, 0.5) is 0 Å². The molecule has 0 aliphatic heterocycles.